The second kappa shape index (κ2) is 6.09. The molecule has 5 rings (SSSR count). The van der Waals surface area contributed by atoms with Crippen molar-refractivity contribution in [2.24, 2.45) is 0 Å². The van der Waals surface area contributed by atoms with Gasteiger partial charge in [0.05, 0.1) is 5.52 Å². The third-order valence-corrected chi connectivity index (χ3v) is 6.10. The molecule has 0 N–H and O–H groups in total. The lowest BCUT2D eigenvalue weighted by Crippen LogP contribution is -2.35. The Morgan fingerprint density at radius 1 is 1.08 bits per heavy atom. The van der Waals surface area contributed by atoms with Crippen molar-refractivity contribution >= 4 is 32.5 Å². The number of pyridine rings is 1. The Balaban J connectivity index is 1.50. The van der Waals surface area contributed by atoms with Crippen LogP contribution in [0.15, 0.2) is 34.9 Å². The zero-order valence-corrected chi connectivity index (χ0v) is 15.6. The minimum absolute atomic E-state index is 0.462. The zero-order chi connectivity index (χ0) is 16.8. The molecule has 1 aromatic carbocycles. The standard InChI is InChI=1S/C19H20BrN5/c20-15-6-1-5-14-16(8-9-21-18(14)15)24-10-2-4-13(12-24)19-23-22-17-7-3-11-25(17)19/h1,5-6,8-9,13H,2-4,7,10-12H2. The number of hydrogen-bond acceptors (Lipinski definition) is 4. The molecule has 5 nitrogen and oxygen atoms in total. The molecular weight excluding hydrogens is 378 g/mol. The second-order valence-corrected chi connectivity index (χ2v) is 7.84. The van der Waals surface area contributed by atoms with Crippen LogP contribution in [0.5, 0.6) is 0 Å². The largest absolute Gasteiger partial charge is 0.370 e. The van der Waals surface area contributed by atoms with Gasteiger partial charge in [0.25, 0.3) is 0 Å². The van der Waals surface area contributed by atoms with E-state index in [0.29, 0.717) is 5.92 Å². The number of nitrogens with zero attached hydrogens (tertiary/aromatic N) is 5. The summed E-state index contributed by atoms with van der Waals surface area (Å²) in [6, 6.07) is 8.45. The smallest absolute Gasteiger partial charge is 0.137 e. The molecule has 6 heteroatoms. The predicted molar refractivity (Wildman–Crippen MR) is 102 cm³/mol. The SMILES string of the molecule is Brc1cccc2c(N3CCCC(c4nnc5n4CCC5)C3)ccnc12. The molecule has 1 saturated heterocycles. The first-order chi connectivity index (χ1) is 12.3. The van der Waals surface area contributed by atoms with Gasteiger partial charge >= 0.3 is 0 Å². The van der Waals surface area contributed by atoms with E-state index in [9.17, 15) is 0 Å². The summed E-state index contributed by atoms with van der Waals surface area (Å²) in [6.07, 6.45) is 6.58. The minimum atomic E-state index is 0.462. The van der Waals surface area contributed by atoms with Gasteiger partial charge in [-0.15, -0.1) is 10.2 Å². The van der Waals surface area contributed by atoms with Gasteiger partial charge in [-0.25, -0.2) is 0 Å². The Hall–Kier alpha value is -1.95. The van der Waals surface area contributed by atoms with Crippen LogP contribution in [0.3, 0.4) is 0 Å². The highest BCUT2D eigenvalue weighted by atomic mass is 79.9. The Bertz CT molecular complexity index is 935. The van der Waals surface area contributed by atoms with Crippen LogP contribution in [-0.4, -0.2) is 32.8 Å². The van der Waals surface area contributed by atoms with Crippen LogP contribution in [0, 0.1) is 0 Å². The van der Waals surface area contributed by atoms with E-state index in [2.05, 4.69) is 64.8 Å². The molecular formula is C19H20BrN5. The zero-order valence-electron chi connectivity index (χ0n) is 14.0. The third kappa shape index (κ3) is 2.54. The monoisotopic (exact) mass is 397 g/mol. The lowest BCUT2D eigenvalue weighted by Gasteiger charge is -2.34. The summed E-state index contributed by atoms with van der Waals surface area (Å²) < 4.78 is 3.41. The van der Waals surface area contributed by atoms with Gasteiger partial charge in [0.15, 0.2) is 0 Å². The first-order valence-corrected chi connectivity index (χ1v) is 9.81. The van der Waals surface area contributed by atoms with Crippen molar-refractivity contribution < 1.29 is 0 Å². The van der Waals surface area contributed by atoms with Crippen molar-refractivity contribution in [3.8, 4) is 0 Å². The summed E-state index contributed by atoms with van der Waals surface area (Å²) >= 11 is 3.63. The summed E-state index contributed by atoms with van der Waals surface area (Å²) in [4.78, 5) is 7.05. The molecule has 0 saturated carbocycles. The maximum Gasteiger partial charge on any atom is 0.137 e. The van der Waals surface area contributed by atoms with Gasteiger partial charge in [0.2, 0.25) is 0 Å². The van der Waals surface area contributed by atoms with Crippen molar-refractivity contribution in [2.45, 2.75) is 38.1 Å². The quantitative estimate of drug-likeness (QED) is 0.657. The molecule has 25 heavy (non-hydrogen) atoms. The van der Waals surface area contributed by atoms with Crippen LogP contribution in [0.4, 0.5) is 5.69 Å². The van der Waals surface area contributed by atoms with Gasteiger partial charge in [-0.3, -0.25) is 4.98 Å². The number of halogens is 1. The van der Waals surface area contributed by atoms with Crippen molar-refractivity contribution in [1.82, 2.24) is 19.7 Å². The molecule has 1 unspecified atom stereocenters. The van der Waals surface area contributed by atoms with Crippen molar-refractivity contribution in [3.63, 3.8) is 0 Å². The number of aryl methyl sites for hydroxylation is 1. The van der Waals surface area contributed by atoms with Crippen LogP contribution in [0.25, 0.3) is 10.9 Å². The van der Waals surface area contributed by atoms with Crippen molar-refractivity contribution in [2.75, 3.05) is 18.0 Å². The molecule has 2 aromatic heterocycles. The molecule has 0 radical (unpaired) electrons. The number of piperidine rings is 1. The Labute approximate surface area is 155 Å². The minimum Gasteiger partial charge on any atom is -0.370 e. The van der Waals surface area contributed by atoms with Gasteiger partial charge < -0.3 is 9.47 Å². The Morgan fingerprint density at radius 3 is 3.00 bits per heavy atom. The molecule has 4 heterocycles. The first-order valence-electron chi connectivity index (χ1n) is 9.01. The van der Waals surface area contributed by atoms with Crippen LogP contribution in [0.1, 0.15) is 36.8 Å². The van der Waals surface area contributed by atoms with Crippen molar-refractivity contribution in [1.29, 1.82) is 0 Å². The van der Waals surface area contributed by atoms with E-state index in [1.165, 1.54) is 42.0 Å². The van der Waals surface area contributed by atoms with E-state index in [1.54, 1.807) is 0 Å². The van der Waals surface area contributed by atoms with Crippen LogP contribution in [0.2, 0.25) is 0 Å². The molecule has 128 valence electrons. The van der Waals surface area contributed by atoms with E-state index in [1.807, 2.05) is 6.20 Å². The maximum absolute atomic E-state index is 4.55. The number of fused-ring (bicyclic) bond motifs is 2. The fourth-order valence-electron chi connectivity index (χ4n) is 4.28. The topological polar surface area (TPSA) is 46.8 Å². The lowest BCUT2D eigenvalue weighted by atomic mass is 9.96. The molecule has 0 aliphatic carbocycles. The van der Waals surface area contributed by atoms with Gasteiger partial charge in [-0.2, -0.15) is 0 Å². The average molecular weight is 398 g/mol. The fraction of sp³-hybridized carbons (Fsp3) is 0.421. The highest BCUT2D eigenvalue weighted by molar-refractivity contribution is 9.10. The van der Waals surface area contributed by atoms with Gasteiger partial charge in [-0.05, 0) is 47.3 Å². The first kappa shape index (κ1) is 15.3. The summed E-state index contributed by atoms with van der Waals surface area (Å²) in [5.41, 5.74) is 2.31. The predicted octanol–water partition coefficient (Wildman–Crippen LogP) is 3.92. The van der Waals surface area contributed by atoms with E-state index in [-0.39, 0.29) is 0 Å². The Morgan fingerprint density at radius 2 is 2.04 bits per heavy atom. The van der Waals surface area contributed by atoms with Gasteiger partial charge in [0.1, 0.15) is 11.6 Å². The van der Waals surface area contributed by atoms with E-state index < -0.39 is 0 Å². The summed E-state index contributed by atoms with van der Waals surface area (Å²) in [5.74, 6) is 2.82. The molecule has 2 aliphatic heterocycles. The number of rotatable bonds is 2. The number of aromatic nitrogens is 4. The van der Waals surface area contributed by atoms with E-state index >= 15 is 0 Å². The van der Waals surface area contributed by atoms with Crippen LogP contribution < -0.4 is 4.90 Å². The van der Waals surface area contributed by atoms with E-state index in [0.717, 1.165) is 36.0 Å². The third-order valence-electron chi connectivity index (χ3n) is 5.46. The number of anilines is 1. The lowest BCUT2D eigenvalue weighted by molar-refractivity contribution is 0.474. The number of hydrogen-bond donors (Lipinski definition) is 0. The normalized spacial score (nSPS) is 20.2. The summed E-state index contributed by atoms with van der Waals surface area (Å²) in [7, 11) is 0. The summed E-state index contributed by atoms with van der Waals surface area (Å²) in [5, 5.41) is 10.2. The molecule has 0 amide bonds. The highest BCUT2D eigenvalue weighted by Crippen LogP contribution is 2.35. The molecule has 0 bridgehead atoms. The second-order valence-electron chi connectivity index (χ2n) is 6.98. The average Bonchev–Trinajstić information content (AvgIpc) is 3.25. The summed E-state index contributed by atoms with van der Waals surface area (Å²) in [6.45, 7) is 3.17. The van der Waals surface area contributed by atoms with E-state index in [4.69, 9.17) is 0 Å². The molecule has 1 atom stereocenters. The van der Waals surface area contributed by atoms with Gasteiger partial charge in [0, 0.05) is 53.7 Å². The fourth-order valence-corrected chi connectivity index (χ4v) is 4.75. The molecule has 3 aromatic rings. The molecule has 2 aliphatic rings. The molecule has 0 spiro atoms. The maximum atomic E-state index is 4.55. The van der Waals surface area contributed by atoms with Crippen LogP contribution >= 0.6 is 15.9 Å². The Kier molecular flexibility index (Phi) is 3.73. The highest BCUT2D eigenvalue weighted by Gasteiger charge is 2.29. The van der Waals surface area contributed by atoms with Crippen molar-refractivity contribution in [3.05, 3.63) is 46.6 Å². The molecule has 1 fully saturated rings. The number of para-hydroxylation sites is 1. The van der Waals surface area contributed by atoms with Crippen LogP contribution in [-0.2, 0) is 13.0 Å². The van der Waals surface area contributed by atoms with Gasteiger partial charge in [-0.1, -0.05) is 12.1 Å². The number of benzene rings is 1.